The van der Waals surface area contributed by atoms with Crippen LogP contribution in [0.5, 0.6) is 11.5 Å². The quantitative estimate of drug-likeness (QED) is 0.315. The van der Waals surface area contributed by atoms with Crippen LogP contribution in [0.3, 0.4) is 0 Å². The van der Waals surface area contributed by atoms with Gasteiger partial charge in [-0.3, -0.25) is 0 Å². The summed E-state index contributed by atoms with van der Waals surface area (Å²) in [4.78, 5) is 2.46. The van der Waals surface area contributed by atoms with Crippen LogP contribution in [0, 0.1) is 0 Å². The van der Waals surface area contributed by atoms with Gasteiger partial charge >= 0.3 is 0 Å². The number of benzene rings is 3. The van der Waals surface area contributed by atoms with E-state index in [1.807, 2.05) is 6.07 Å². The molecule has 176 valence electrons. The van der Waals surface area contributed by atoms with Crippen LogP contribution < -0.4 is 9.47 Å². The molecule has 0 atom stereocenters. The fourth-order valence-corrected chi connectivity index (χ4v) is 7.92. The maximum absolute atomic E-state index is 5.45. The largest absolute Gasteiger partial charge is 0.493 e. The van der Waals surface area contributed by atoms with Crippen molar-refractivity contribution in [2.45, 2.75) is 29.8 Å². The molecule has 0 amide bonds. The molecule has 1 aliphatic rings. The highest BCUT2D eigenvalue weighted by molar-refractivity contribution is 8.18. The summed E-state index contributed by atoms with van der Waals surface area (Å²) in [6.07, 6.45) is 4.74. The van der Waals surface area contributed by atoms with Gasteiger partial charge in [-0.05, 0) is 90.9 Å². The number of methoxy groups -OCH3 is 2. The zero-order chi connectivity index (χ0) is 23.1. The van der Waals surface area contributed by atoms with E-state index in [1.54, 1.807) is 14.2 Å². The zero-order valence-corrected chi connectivity index (χ0v) is 21.6. The van der Waals surface area contributed by atoms with Crippen LogP contribution in [0.4, 0.5) is 0 Å². The number of ether oxygens (including phenoxy) is 2. The third-order valence-corrected chi connectivity index (χ3v) is 9.93. The van der Waals surface area contributed by atoms with Crippen molar-refractivity contribution < 1.29 is 9.47 Å². The Labute approximate surface area is 207 Å². The number of hydrogen-bond donors (Lipinski definition) is 0. The van der Waals surface area contributed by atoms with Gasteiger partial charge in [0.25, 0.3) is 0 Å². The van der Waals surface area contributed by atoms with Gasteiger partial charge in [-0.2, -0.15) is 0 Å². The minimum atomic E-state index is 0.187. The van der Waals surface area contributed by atoms with Crippen molar-refractivity contribution >= 4 is 34.3 Å². The third kappa shape index (κ3) is 6.00. The van der Waals surface area contributed by atoms with Crippen LogP contribution in [0.15, 0.2) is 60.7 Å². The summed E-state index contributed by atoms with van der Waals surface area (Å²) in [7, 11) is 5.61. The van der Waals surface area contributed by atoms with Gasteiger partial charge in [0.05, 0.1) is 18.3 Å². The number of nitrogens with zero attached hydrogens (tertiary/aromatic N) is 1. The number of hydrogen-bond acceptors (Lipinski definition) is 5. The van der Waals surface area contributed by atoms with E-state index in [9.17, 15) is 0 Å². The predicted octanol–water partition coefficient (Wildman–Crippen LogP) is 6.83. The van der Waals surface area contributed by atoms with Crippen molar-refractivity contribution in [1.29, 1.82) is 0 Å². The van der Waals surface area contributed by atoms with Crippen LogP contribution in [0.25, 0.3) is 10.8 Å². The zero-order valence-electron chi connectivity index (χ0n) is 20.0. The first kappa shape index (κ1) is 24.3. The van der Waals surface area contributed by atoms with E-state index in [2.05, 4.69) is 90.1 Å². The summed E-state index contributed by atoms with van der Waals surface area (Å²) in [6.45, 7) is 2.16. The second-order valence-electron chi connectivity index (χ2n) is 8.71. The smallest absolute Gasteiger partial charge is 0.160 e. The lowest BCUT2D eigenvalue weighted by atomic mass is 10.0. The lowest BCUT2D eigenvalue weighted by Crippen LogP contribution is -2.27. The first-order valence-electron chi connectivity index (χ1n) is 11.8. The summed E-state index contributed by atoms with van der Waals surface area (Å²) >= 11 is 4.32. The summed E-state index contributed by atoms with van der Waals surface area (Å²) < 4.78 is 11.0. The molecule has 3 aromatic carbocycles. The minimum absolute atomic E-state index is 0.187. The second-order valence-corrected chi connectivity index (χ2v) is 11.8. The highest BCUT2D eigenvalue weighted by Gasteiger charge is 2.35. The van der Waals surface area contributed by atoms with Crippen molar-refractivity contribution in [2.24, 2.45) is 0 Å². The second kappa shape index (κ2) is 11.5. The van der Waals surface area contributed by atoms with E-state index in [0.717, 1.165) is 31.0 Å². The van der Waals surface area contributed by atoms with Gasteiger partial charge in [0.1, 0.15) is 0 Å². The molecule has 0 spiro atoms. The molecule has 0 aliphatic carbocycles. The molecule has 5 heteroatoms. The van der Waals surface area contributed by atoms with Crippen molar-refractivity contribution in [3.05, 3.63) is 71.8 Å². The minimum Gasteiger partial charge on any atom is -0.493 e. The molecule has 1 saturated heterocycles. The summed E-state index contributed by atoms with van der Waals surface area (Å²) in [5.74, 6) is 4.11. The molecule has 0 N–H and O–H groups in total. The molecular formula is C28H35NO2S2. The maximum atomic E-state index is 5.45. The first-order chi connectivity index (χ1) is 16.1. The van der Waals surface area contributed by atoms with E-state index < -0.39 is 0 Å². The molecule has 0 radical (unpaired) electrons. The molecule has 3 nitrogen and oxygen atoms in total. The molecular weight excluding hydrogens is 446 g/mol. The Kier molecular flexibility index (Phi) is 8.50. The van der Waals surface area contributed by atoms with Crippen molar-refractivity contribution in [3.63, 3.8) is 0 Å². The lowest BCUT2D eigenvalue weighted by molar-refractivity contribution is 0.327. The van der Waals surface area contributed by atoms with Gasteiger partial charge < -0.3 is 14.4 Å². The van der Waals surface area contributed by atoms with Gasteiger partial charge in [0.2, 0.25) is 0 Å². The van der Waals surface area contributed by atoms with Crippen molar-refractivity contribution in [3.8, 4) is 11.5 Å². The fraction of sp³-hybridized carbons (Fsp3) is 0.429. The number of rotatable bonds is 10. The summed E-state index contributed by atoms with van der Waals surface area (Å²) in [5.41, 5.74) is 2.77. The van der Waals surface area contributed by atoms with Crippen molar-refractivity contribution in [1.82, 2.24) is 4.90 Å². The first-order valence-corrected chi connectivity index (χ1v) is 13.8. The SMILES string of the molecule is COc1ccc(CCN(C)CCCC2(c3ccc4ccccc4c3)SCCCS2)cc1OC. The summed E-state index contributed by atoms with van der Waals surface area (Å²) in [5, 5.41) is 2.69. The number of likely N-dealkylation sites (N-methyl/N-ethyl adjacent to an activating group) is 1. The third-order valence-electron chi connectivity index (χ3n) is 6.42. The normalized spacial score (nSPS) is 15.6. The van der Waals surface area contributed by atoms with E-state index in [0.29, 0.717) is 0 Å². The average Bonchev–Trinajstić information content (AvgIpc) is 2.87. The van der Waals surface area contributed by atoms with Gasteiger partial charge in [-0.25, -0.2) is 0 Å². The van der Waals surface area contributed by atoms with Crippen LogP contribution in [-0.4, -0.2) is 50.8 Å². The predicted molar refractivity (Wildman–Crippen MR) is 145 cm³/mol. The van der Waals surface area contributed by atoms with Gasteiger partial charge in [0.15, 0.2) is 11.5 Å². The Hall–Kier alpha value is -1.82. The summed E-state index contributed by atoms with van der Waals surface area (Å²) in [6, 6.07) is 22.1. The molecule has 0 bridgehead atoms. The molecule has 1 aliphatic heterocycles. The van der Waals surface area contributed by atoms with Gasteiger partial charge in [-0.15, -0.1) is 23.5 Å². The van der Waals surface area contributed by atoms with E-state index in [1.165, 1.54) is 52.7 Å². The van der Waals surface area contributed by atoms with Crippen LogP contribution >= 0.6 is 23.5 Å². The Morgan fingerprint density at radius 1 is 0.848 bits per heavy atom. The molecule has 33 heavy (non-hydrogen) atoms. The average molecular weight is 482 g/mol. The molecule has 0 unspecified atom stereocenters. The van der Waals surface area contributed by atoms with Crippen LogP contribution in [0.2, 0.25) is 0 Å². The molecule has 0 aromatic heterocycles. The Morgan fingerprint density at radius 2 is 1.61 bits per heavy atom. The Morgan fingerprint density at radius 3 is 2.36 bits per heavy atom. The number of fused-ring (bicyclic) bond motifs is 1. The molecule has 3 aromatic rings. The van der Waals surface area contributed by atoms with E-state index in [-0.39, 0.29) is 4.08 Å². The Balaban J connectivity index is 1.35. The molecule has 0 saturated carbocycles. The lowest BCUT2D eigenvalue weighted by Gasteiger charge is -2.37. The van der Waals surface area contributed by atoms with Gasteiger partial charge in [0, 0.05) is 6.54 Å². The Bertz CT molecular complexity index is 1050. The standard InChI is InChI=1S/C28H35NO2S2/c1-29(17-14-22-10-13-26(30-2)27(20-22)31-3)16-6-15-28(32-18-7-19-33-28)25-12-11-23-8-4-5-9-24(23)21-25/h4-5,8-13,20-21H,6-7,14-19H2,1-3H3. The topological polar surface area (TPSA) is 21.7 Å². The monoisotopic (exact) mass is 481 g/mol. The fourth-order valence-electron chi connectivity index (χ4n) is 4.51. The highest BCUT2D eigenvalue weighted by Crippen LogP contribution is 2.53. The van der Waals surface area contributed by atoms with Crippen molar-refractivity contribution in [2.75, 3.05) is 45.9 Å². The van der Waals surface area contributed by atoms with Crippen LogP contribution in [0.1, 0.15) is 30.4 Å². The molecule has 1 heterocycles. The highest BCUT2D eigenvalue weighted by atomic mass is 32.2. The maximum Gasteiger partial charge on any atom is 0.160 e. The molecule has 4 rings (SSSR count). The van der Waals surface area contributed by atoms with Gasteiger partial charge in [-0.1, -0.05) is 42.5 Å². The molecule has 1 fully saturated rings. The van der Waals surface area contributed by atoms with E-state index in [4.69, 9.17) is 9.47 Å². The van der Waals surface area contributed by atoms with Crippen LogP contribution in [-0.2, 0) is 10.5 Å². The number of thioether (sulfide) groups is 2. The van der Waals surface area contributed by atoms with E-state index >= 15 is 0 Å².